The molecule has 0 aliphatic heterocycles. The Kier molecular flexibility index (Phi) is 5.17. The lowest BCUT2D eigenvalue weighted by Gasteiger charge is -2.14. The summed E-state index contributed by atoms with van der Waals surface area (Å²) in [7, 11) is 2.12. The van der Waals surface area contributed by atoms with Crippen molar-refractivity contribution in [1.29, 1.82) is 0 Å². The minimum absolute atomic E-state index is 0.344. The van der Waals surface area contributed by atoms with Gasteiger partial charge >= 0.3 is 0 Å². The van der Waals surface area contributed by atoms with Gasteiger partial charge in [0.15, 0.2) is 5.89 Å². The highest BCUT2D eigenvalue weighted by Crippen LogP contribution is 2.15. The van der Waals surface area contributed by atoms with Crippen molar-refractivity contribution in [2.24, 2.45) is 0 Å². The first-order valence-electron chi connectivity index (χ1n) is 7.60. The lowest BCUT2D eigenvalue weighted by molar-refractivity contribution is 0.318. The molecule has 0 unspecified atom stereocenters. The highest BCUT2D eigenvalue weighted by molar-refractivity contribution is 5.23. The maximum atomic E-state index is 5.47. The molecule has 0 fully saturated rings. The van der Waals surface area contributed by atoms with Gasteiger partial charge in [-0.05, 0) is 45.8 Å². The molecular formula is C16H26N4O. The first-order valence-corrected chi connectivity index (χ1v) is 7.60. The van der Waals surface area contributed by atoms with E-state index in [0.29, 0.717) is 5.92 Å². The molecule has 0 aliphatic carbocycles. The standard InChI is InChI=1S/C16H26N4O/c1-11(2)16-17-14(10-21-16)9-20(5)8-6-7-15-12(3)18-19-13(15)4/h10-11H,6-9H2,1-5H3,(H,18,19). The zero-order valence-electron chi connectivity index (χ0n) is 13.7. The van der Waals surface area contributed by atoms with Gasteiger partial charge < -0.3 is 9.32 Å². The third kappa shape index (κ3) is 4.17. The van der Waals surface area contributed by atoms with Crippen LogP contribution in [0.3, 0.4) is 0 Å². The predicted octanol–water partition coefficient (Wildman–Crippen LogP) is 3.20. The summed E-state index contributed by atoms with van der Waals surface area (Å²) in [5.41, 5.74) is 4.67. The fraction of sp³-hybridized carbons (Fsp3) is 0.625. The van der Waals surface area contributed by atoms with Gasteiger partial charge in [-0.2, -0.15) is 5.10 Å². The third-order valence-electron chi connectivity index (χ3n) is 3.74. The monoisotopic (exact) mass is 290 g/mol. The fourth-order valence-electron chi connectivity index (χ4n) is 2.48. The molecule has 2 rings (SSSR count). The van der Waals surface area contributed by atoms with Crippen molar-refractivity contribution in [3.63, 3.8) is 0 Å². The second-order valence-electron chi connectivity index (χ2n) is 6.09. The Labute approximate surface area is 126 Å². The van der Waals surface area contributed by atoms with E-state index in [4.69, 9.17) is 4.42 Å². The van der Waals surface area contributed by atoms with E-state index >= 15 is 0 Å². The van der Waals surface area contributed by atoms with Crippen LogP contribution in [0.2, 0.25) is 0 Å². The summed E-state index contributed by atoms with van der Waals surface area (Å²) in [6.45, 7) is 10.2. The lowest BCUT2D eigenvalue weighted by atomic mass is 10.1. The molecule has 0 bridgehead atoms. The molecule has 5 nitrogen and oxygen atoms in total. The summed E-state index contributed by atoms with van der Waals surface area (Å²) in [4.78, 5) is 6.80. The zero-order valence-corrected chi connectivity index (χ0v) is 13.7. The van der Waals surface area contributed by atoms with Crippen LogP contribution >= 0.6 is 0 Å². The van der Waals surface area contributed by atoms with E-state index in [-0.39, 0.29) is 0 Å². The molecule has 0 radical (unpaired) electrons. The Hall–Kier alpha value is -1.62. The van der Waals surface area contributed by atoms with E-state index < -0.39 is 0 Å². The number of rotatable bonds is 7. The molecule has 5 heteroatoms. The number of aromatic amines is 1. The maximum Gasteiger partial charge on any atom is 0.196 e. The van der Waals surface area contributed by atoms with Crippen molar-refractivity contribution in [2.75, 3.05) is 13.6 Å². The molecule has 2 heterocycles. The Morgan fingerprint density at radius 1 is 1.33 bits per heavy atom. The quantitative estimate of drug-likeness (QED) is 0.850. The average molecular weight is 290 g/mol. The van der Waals surface area contributed by atoms with Crippen molar-refractivity contribution in [3.8, 4) is 0 Å². The number of hydrogen-bond donors (Lipinski definition) is 1. The van der Waals surface area contributed by atoms with Gasteiger partial charge in [0.1, 0.15) is 6.26 Å². The molecular weight excluding hydrogens is 264 g/mol. The van der Waals surface area contributed by atoms with E-state index in [1.165, 1.54) is 11.3 Å². The average Bonchev–Trinajstić information content (AvgIpc) is 3.00. The molecule has 0 aliphatic rings. The zero-order chi connectivity index (χ0) is 15.4. The molecule has 0 atom stereocenters. The van der Waals surface area contributed by atoms with Gasteiger partial charge in [0.2, 0.25) is 0 Å². The number of hydrogen-bond acceptors (Lipinski definition) is 4. The van der Waals surface area contributed by atoms with E-state index in [1.54, 1.807) is 6.26 Å². The van der Waals surface area contributed by atoms with Crippen LogP contribution in [-0.2, 0) is 13.0 Å². The number of nitrogens with one attached hydrogen (secondary N) is 1. The van der Waals surface area contributed by atoms with Gasteiger partial charge in [0.25, 0.3) is 0 Å². The van der Waals surface area contributed by atoms with Crippen molar-refractivity contribution in [1.82, 2.24) is 20.1 Å². The molecule has 0 amide bonds. The van der Waals surface area contributed by atoms with E-state index in [9.17, 15) is 0 Å². The summed E-state index contributed by atoms with van der Waals surface area (Å²) >= 11 is 0. The summed E-state index contributed by atoms with van der Waals surface area (Å²) in [5, 5.41) is 7.28. The second-order valence-corrected chi connectivity index (χ2v) is 6.09. The number of H-pyrrole nitrogens is 1. The van der Waals surface area contributed by atoms with Crippen molar-refractivity contribution in [3.05, 3.63) is 34.8 Å². The molecule has 0 spiro atoms. The first kappa shape index (κ1) is 15.8. The van der Waals surface area contributed by atoms with E-state index in [2.05, 4.69) is 54.8 Å². The SMILES string of the molecule is Cc1n[nH]c(C)c1CCCN(C)Cc1coc(C(C)C)n1. The Morgan fingerprint density at radius 3 is 2.67 bits per heavy atom. The second kappa shape index (κ2) is 6.89. The van der Waals surface area contributed by atoms with Gasteiger partial charge in [0.05, 0.1) is 11.4 Å². The number of aryl methyl sites for hydroxylation is 2. The smallest absolute Gasteiger partial charge is 0.196 e. The molecule has 1 N–H and O–H groups in total. The van der Waals surface area contributed by atoms with Crippen LogP contribution < -0.4 is 0 Å². The Balaban J connectivity index is 1.78. The third-order valence-corrected chi connectivity index (χ3v) is 3.74. The van der Waals surface area contributed by atoms with Gasteiger partial charge in [-0.3, -0.25) is 5.10 Å². The fourth-order valence-corrected chi connectivity index (χ4v) is 2.48. The normalized spacial score (nSPS) is 11.8. The van der Waals surface area contributed by atoms with Crippen LogP contribution in [0.5, 0.6) is 0 Å². The highest BCUT2D eigenvalue weighted by atomic mass is 16.3. The number of aromatic nitrogens is 3. The van der Waals surface area contributed by atoms with Crippen LogP contribution in [0, 0.1) is 13.8 Å². The lowest BCUT2D eigenvalue weighted by Crippen LogP contribution is -2.20. The molecule has 2 aromatic rings. The summed E-state index contributed by atoms with van der Waals surface area (Å²) < 4.78 is 5.47. The van der Waals surface area contributed by atoms with Crippen LogP contribution in [0.25, 0.3) is 0 Å². The minimum Gasteiger partial charge on any atom is -0.448 e. The van der Waals surface area contributed by atoms with E-state index in [1.807, 2.05) is 0 Å². The molecule has 0 aromatic carbocycles. The predicted molar refractivity (Wildman–Crippen MR) is 83.3 cm³/mol. The molecule has 116 valence electrons. The minimum atomic E-state index is 0.344. The Bertz CT molecular complexity index is 551. The number of nitrogens with zero attached hydrogens (tertiary/aromatic N) is 3. The first-order chi connectivity index (χ1) is 9.97. The van der Waals surface area contributed by atoms with Crippen LogP contribution in [0.4, 0.5) is 0 Å². The van der Waals surface area contributed by atoms with E-state index in [0.717, 1.165) is 43.2 Å². The Morgan fingerprint density at radius 2 is 2.10 bits per heavy atom. The van der Waals surface area contributed by atoms with Gasteiger partial charge in [-0.15, -0.1) is 0 Å². The van der Waals surface area contributed by atoms with Crippen molar-refractivity contribution < 1.29 is 4.42 Å². The highest BCUT2D eigenvalue weighted by Gasteiger charge is 2.10. The largest absolute Gasteiger partial charge is 0.448 e. The molecule has 2 aromatic heterocycles. The van der Waals surface area contributed by atoms with Crippen molar-refractivity contribution >= 4 is 0 Å². The molecule has 0 saturated carbocycles. The maximum absolute atomic E-state index is 5.47. The van der Waals surface area contributed by atoms with Crippen LogP contribution in [0.15, 0.2) is 10.7 Å². The van der Waals surface area contributed by atoms with Gasteiger partial charge in [-0.25, -0.2) is 4.98 Å². The number of oxazole rings is 1. The van der Waals surface area contributed by atoms with Gasteiger partial charge in [0, 0.05) is 18.2 Å². The van der Waals surface area contributed by atoms with Gasteiger partial charge in [-0.1, -0.05) is 13.8 Å². The molecule has 21 heavy (non-hydrogen) atoms. The summed E-state index contributed by atoms with van der Waals surface area (Å²) in [6, 6.07) is 0. The van der Waals surface area contributed by atoms with Crippen molar-refractivity contribution in [2.45, 2.75) is 53.0 Å². The topological polar surface area (TPSA) is 58.0 Å². The van der Waals surface area contributed by atoms with Crippen LogP contribution in [0.1, 0.15) is 54.7 Å². The molecule has 0 saturated heterocycles. The summed E-state index contributed by atoms with van der Waals surface area (Å²) in [5.74, 6) is 1.17. The van der Waals surface area contributed by atoms with Crippen LogP contribution in [-0.4, -0.2) is 33.7 Å². The summed E-state index contributed by atoms with van der Waals surface area (Å²) in [6.07, 6.45) is 3.96.